The van der Waals surface area contributed by atoms with Crippen molar-refractivity contribution in [3.63, 3.8) is 0 Å². The lowest BCUT2D eigenvalue weighted by Crippen LogP contribution is -2.32. The monoisotopic (exact) mass is 396 g/mol. The van der Waals surface area contributed by atoms with Crippen molar-refractivity contribution in [3.05, 3.63) is 50.4 Å². The van der Waals surface area contributed by atoms with Crippen molar-refractivity contribution in [3.8, 4) is 11.5 Å². The van der Waals surface area contributed by atoms with Crippen LogP contribution in [0.4, 0.5) is 0 Å². The van der Waals surface area contributed by atoms with Crippen molar-refractivity contribution < 1.29 is 19.5 Å². The summed E-state index contributed by atoms with van der Waals surface area (Å²) < 4.78 is 9.79. The van der Waals surface area contributed by atoms with Gasteiger partial charge in [-0.05, 0) is 30.3 Å². The highest BCUT2D eigenvalue weighted by atomic mass is 35.5. The first-order valence-electron chi connectivity index (χ1n) is 6.17. The molecule has 2 N–H and O–H groups in total. The molecular formula is C14H13BCl4O4. The predicted octanol–water partition coefficient (Wildman–Crippen LogP) is 3.68. The van der Waals surface area contributed by atoms with E-state index in [2.05, 4.69) is 0 Å². The van der Waals surface area contributed by atoms with Crippen molar-refractivity contribution in [2.45, 2.75) is 0 Å². The minimum absolute atomic E-state index is 0.119. The van der Waals surface area contributed by atoms with Crippen LogP contribution < -0.4 is 14.9 Å². The van der Waals surface area contributed by atoms with E-state index in [0.29, 0.717) is 20.8 Å². The number of benzene rings is 2. The molecule has 23 heavy (non-hydrogen) atoms. The number of hydrogen-bond donors (Lipinski definition) is 2. The van der Waals surface area contributed by atoms with Gasteiger partial charge in [0.25, 0.3) is 0 Å². The molecule has 2 rings (SSSR count). The van der Waals surface area contributed by atoms with Crippen LogP contribution in [0.3, 0.4) is 0 Å². The van der Waals surface area contributed by atoms with Gasteiger partial charge in [0.1, 0.15) is 11.5 Å². The highest BCUT2D eigenvalue weighted by Gasteiger charge is 2.21. The van der Waals surface area contributed by atoms with E-state index in [4.69, 9.17) is 65.9 Å². The van der Waals surface area contributed by atoms with Crippen molar-refractivity contribution in [2.75, 3.05) is 14.2 Å². The zero-order valence-corrected chi connectivity index (χ0v) is 15.2. The lowest BCUT2D eigenvalue weighted by molar-refractivity contribution is 0.403. The van der Waals surface area contributed by atoms with Gasteiger partial charge in [-0.25, -0.2) is 0 Å². The van der Waals surface area contributed by atoms with Gasteiger partial charge in [-0.1, -0.05) is 46.4 Å². The standard InChI is InChI=1S/C7H7BCl2O3.C7H6Cl2O/c1-13-6-3-4(9)2-5(10)7(6)8(11)12;1-10-7-3-5(8)2-6(9)4-7/h2-3,11-12H,1H3;2-4H,1H3. The van der Waals surface area contributed by atoms with E-state index < -0.39 is 7.12 Å². The Kier molecular flexibility index (Phi) is 8.33. The van der Waals surface area contributed by atoms with E-state index >= 15 is 0 Å². The third-order valence-electron chi connectivity index (χ3n) is 2.61. The Morgan fingerprint density at radius 3 is 1.74 bits per heavy atom. The molecule has 0 saturated carbocycles. The Labute approximate surface area is 154 Å². The average molecular weight is 398 g/mol. The summed E-state index contributed by atoms with van der Waals surface area (Å²) in [6, 6.07) is 7.94. The van der Waals surface area contributed by atoms with Gasteiger partial charge in [0, 0.05) is 25.6 Å². The smallest absolute Gasteiger partial charge is 0.493 e. The number of halogens is 4. The van der Waals surface area contributed by atoms with Crippen LogP contribution in [0.15, 0.2) is 30.3 Å². The summed E-state index contributed by atoms with van der Waals surface area (Å²) in [6.45, 7) is 0. The fraction of sp³-hybridized carbons (Fsp3) is 0.143. The molecule has 0 aliphatic carbocycles. The van der Waals surface area contributed by atoms with Gasteiger partial charge >= 0.3 is 7.12 Å². The SMILES string of the molecule is COc1cc(Cl)cc(Cl)c1.COc1cc(Cl)cc(Cl)c1B(O)O. The third kappa shape index (κ3) is 6.30. The van der Waals surface area contributed by atoms with E-state index in [1.807, 2.05) is 0 Å². The third-order valence-corrected chi connectivity index (χ3v) is 3.57. The first kappa shape index (κ1) is 20.2. The molecule has 124 valence electrons. The number of methoxy groups -OCH3 is 2. The Balaban J connectivity index is 0.000000238. The molecule has 0 aliphatic heterocycles. The zero-order chi connectivity index (χ0) is 17.6. The molecule has 0 aliphatic rings. The van der Waals surface area contributed by atoms with Crippen molar-refractivity contribution in [2.24, 2.45) is 0 Å². The molecule has 0 amide bonds. The first-order chi connectivity index (χ1) is 10.8. The second-order valence-corrected chi connectivity index (χ2v) is 5.90. The molecule has 0 fully saturated rings. The molecule has 0 atom stereocenters. The van der Waals surface area contributed by atoms with E-state index in [0.717, 1.165) is 0 Å². The summed E-state index contributed by atoms with van der Waals surface area (Å²) in [7, 11) is 1.30. The Hall–Kier alpha value is -0.815. The minimum atomic E-state index is -1.67. The molecule has 0 heterocycles. The quantitative estimate of drug-likeness (QED) is 0.775. The van der Waals surface area contributed by atoms with Gasteiger partial charge in [0.2, 0.25) is 0 Å². The van der Waals surface area contributed by atoms with Gasteiger partial charge in [0.15, 0.2) is 0 Å². The van der Waals surface area contributed by atoms with Gasteiger partial charge in [-0.15, -0.1) is 0 Å². The van der Waals surface area contributed by atoms with Crippen LogP contribution in [0.1, 0.15) is 0 Å². The van der Waals surface area contributed by atoms with Crippen LogP contribution >= 0.6 is 46.4 Å². The molecule has 9 heteroatoms. The summed E-state index contributed by atoms with van der Waals surface area (Å²) in [5.74, 6) is 0.935. The molecule has 0 radical (unpaired) electrons. The molecular weight excluding hydrogens is 385 g/mol. The number of hydrogen-bond acceptors (Lipinski definition) is 4. The van der Waals surface area contributed by atoms with E-state index in [1.165, 1.54) is 19.2 Å². The van der Waals surface area contributed by atoms with Crippen LogP contribution in [0.25, 0.3) is 0 Å². The fourth-order valence-electron chi connectivity index (χ4n) is 1.63. The minimum Gasteiger partial charge on any atom is -0.497 e. The Bertz CT molecular complexity index is 647. The van der Waals surface area contributed by atoms with Crippen LogP contribution in [0, 0.1) is 0 Å². The maximum atomic E-state index is 8.96. The van der Waals surface area contributed by atoms with Crippen LogP contribution in [0.5, 0.6) is 11.5 Å². The fourth-order valence-corrected chi connectivity index (χ4v) is 2.71. The maximum Gasteiger partial charge on any atom is 0.493 e. The summed E-state index contributed by atoms with van der Waals surface area (Å²) >= 11 is 22.7. The first-order valence-corrected chi connectivity index (χ1v) is 7.68. The summed E-state index contributed by atoms with van der Waals surface area (Å²) in [5, 5.41) is 19.6. The van der Waals surface area contributed by atoms with Crippen LogP contribution in [0.2, 0.25) is 20.1 Å². The van der Waals surface area contributed by atoms with Gasteiger partial charge in [-0.2, -0.15) is 0 Å². The van der Waals surface area contributed by atoms with Crippen molar-refractivity contribution in [1.29, 1.82) is 0 Å². The lowest BCUT2D eigenvalue weighted by atomic mass is 9.79. The largest absolute Gasteiger partial charge is 0.497 e. The van der Waals surface area contributed by atoms with E-state index in [1.54, 1.807) is 25.3 Å². The Morgan fingerprint density at radius 2 is 1.30 bits per heavy atom. The predicted molar refractivity (Wildman–Crippen MR) is 95.9 cm³/mol. The topological polar surface area (TPSA) is 58.9 Å². The van der Waals surface area contributed by atoms with Crippen molar-refractivity contribution in [1.82, 2.24) is 0 Å². The van der Waals surface area contributed by atoms with Crippen LogP contribution in [-0.4, -0.2) is 31.4 Å². The molecule has 2 aromatic rings. The average Bonchev–Trinajstić information content (AvgIpc) is 2.45. The zero-order valence-electron chi connectivity index (χ0n) is 12.2. The highest BCUT2D eigenvalue weighted by Crippen LogP contribution is 2.23. The normalized spacial score (nSPS) is 9.74. The van der Waals surface area contributed by atoms with Crippen LogP contribution in [-0.2, 0) is 0 Å². The summed E-state index contributed by atoms with van der Waals surface area (Å²) in [6.07, 6.45) is 0. The van der Waals surface area contributed by atoms with Gasteiger partial charge < -0.3 is 19.5 Å². The molecule has 0 unspecified atom stereocenters. The molecule has 0 saturated heterocycles. The number of rotatable bonds is 3. The second kappa shape index (κ2) is 9.47. The number of ether oxygens (including phenoxy) is 2. The Morgan fingerprint density at radius 1 is 0.783 bits per heavy atom. The molecule has 0 bridgehead atoms. The molecule has 2 aromatic carbocycles. The molecule has 0 aromatic heterocycles. The summed E-state index contributed by atoms with van der Waals surface area (Å²) in [5.41, 5.74) is 0.119. The van der Waals surface area contributed by atoms with Gasteiger partial charge in [-0.3, -0.25) is 0 Å². The highest BCUT2D eigenvalue weighted by molar-refractivity contribution is 6.64. The van der Waals surface area contributed by atoms with E-state index in [-0.39, 0.29) is 16.2 Å². The van der Waals surface area contributed by atoms with Crippen molar-refractivity contribution >= 4 is 59.0 Å². The molecule has 0 spiro atoms. The summed E-state index contributed by atoms with van der Waals surface area (Å²) in [4.78, 5) is 0. The lowest BCUT2D eigenvalue weighted by Gasteiger charge is -2.09. The molecule has 4 nitrogen and oxygen atoms in total. The van der Waals surface area contributed by atoms with E-state index in [9.17, 15) is 0 Å². The maximum absolute atomic E-state index is 8.96. The van der Waals surface area contributed by atoms with Gasteiger partial charge in [0.05, 0.1) is 14.2 Å². The second-order valence-electron chi connectivity index (χ2n) is 4.19.